The fourth-order valence-corrected chi connectivity index (χ4v) is 5.19. The lowest BCUT2D eigenvalue weighted by Gasteiger charge is -2.39. The molecule has 0 aliphatic carbocycles. The summed E-state index contributed by atoms with van der Waals surface area (Å²) in [5, 5.41) is 5.70. The van der Waals surface area contributed by atoms with Crippen molar-refractivity contribution in [3.8, 4) is 11.5 Å². The maximum absolute atomic E-state index is 13.2. The van der Waals surface area contributed by atoms with Crippen LogP contribution in [0.5, 0.6) is 11.5 Å². The minimum atomic E-state index is -0.113. The fourth-order valence-electron chi connectivity index (χ4n) is 4.58. The van der Waals surface area contributed by atoms with Crippen molar-refractivity contribution in [2.24, 2.45) is 5.92 Å². The topological polar surface area (TPSA) is 74.4 Å². The van der Waals surface area contributed by atoms with E-state index in [2.05, 4.69) is 16.3 Å². The molecule has 1 N–H and O–H groups in total. The Hall–Kier alpha value is -2.78. The van der Waals surface area contributed by atoms with Crippen LogP contribution in [0.25, 0.3) is 0 Å². The Morgan fingerprint density at radius 1 is 1.03 bits per heavy atom. The molecule has 2 aromatic rings. The van der Waals surface area contributed by atoms with Gasteiger partial charge in [-0.25, -0.2) is 4.79 Å². The number of ether oxygens (including phenoxy) is 2. The number of nitrogens with one attached hydrogen (secondary N) is 1. The summed E-state index contributed by atoms with van der Waals surface area (Å²) in [5.74, 6) is 1.68. The first kappa shape index (κ1) is 21.1. The molecular formula is C23H28N4O4S. The number of rotatable bonds is 4. The summed E-state index contributed by atoms with van der Waals surface area (Å²) in [5.41, 5.74) is 1.19. The second-order valence-corrected chi connectivity index (χ2v) is 9.43. The Balaban J connectivity index is 1.11. The smallest absolute Gasteiger partial charge is 0.322 e. The third kappa shape index (κ3) is 4.68. The lowest BCUT2D eigenvalue weighted by molar-refractivity contribution is -0.138. The van der Waals surface area contributed by atoms with Crippen molar-refractivity contribution in [2.75, 3.05) is 51.4 Å². The molecule has 1 unspecified atom stereocenters. The molecule has 2 saturated heterocycles. The van der Waals surface area contributed by atoms with Crippen molar-refractivity contribution in [1.82, 2.24) is 14.7 Å². The first-order valence-corrected chi connectivity index (χ1v) is 12.0. The number of benzene rings is 1. The molecule has 0 spiro atoms. The van der Waals surface area contributed by atoms with Crippen molar-refractivity contribution in [2.45, 2.75) is 19.4 Å². The van der Waals surface area contributed by atoms with Gasteiger partial charge < -0.3 is 19.3 Å². The van der Waals surface area contributed by atoms with Gasteiger partial charge in [-0.05, 0) is 48.1 Å². The summed E-state index contributed by atoms with van der Waals surface area (Å²) in [4.78, 5) is 31.8. The molecule has 2 fully saturated rings. The summed E-state index contributed by atoms with van der Waals surface area (Å²) >= 11 is 1.50. The van der Waals surface area contributed by atoms with E-state index in [4.69, 9.17) is 9.47 Å². The zero-order chi connectivity index (χ0) is 21.9. The van der Waals surface area contributed by atoms with Crippen LogP contribution < -0.4 is 14.8 Å². The van der Waals surface area contributed by atoms with Gasteiger partial charge in [0.1, 0.15) is 0 Å². The monoisotopic (exact) mass is 456 g/mol. The van der Waals surface area contributed by atoms with E-state index >= 15 is 0 Å². The van der Waals surface area contributed by atoms with Crippen LogP contribution in [0.2, 0.25) is 0 Å². The SMILES string of the molecule is O=C(Nc1cccs1)N1CCCC(C(=O)N2CCN(Cc3ccc4c(c3)OCO4)CC2)C1. The van der Waals surface area contributed by atoms with Gasteiger partial charge in [-0.15, -0.1) is 11.3 Å². The Bertz CT molecular complexity index is 959. The van der Waals surface area contributed by atoms with Gasteiger partial charge in [0.05, 0.1) is 10.9 Å². The van der Waals surface area contributed by atoms with Crippen LogP contribution in [0.4, 0.5) is 9.80 Å². The number of fused-ring (bicyclic) bond motifs is 1. The molecule has 1 atom stereocenters. The summed E-state index contributed by atoms with van der Waals surface area (Å²) in [6.45, 7) is 5.44. The summed E-state index contributed by atoms with van der Waals surface area (Å²) in [6, 6.07) is 9.76. The van der Waals surface area contributed by atoms with E-state index in [0.717, 1.165) is 62.1 Å². The van der Waals surface area contributed by atoms with Crippen LogP contribution in [-0.4, -0.2) is 72.7 Å². The average molecular weight is 457 g/mol. The first-order chi connectivity index (χ1) is 15.7. The molecule has 1 aromatic carbocycles. The van der Waals surface area contributed by atoms with Crippen LogP contribution in [0.1, 0.15) is 18.4 Å². The summed E-state index contributed by atoms with van der Waals surface area (Å²) in [6.07, 6.45) is 1.71. The number of hydrogen-bond acceptors (Lipinski definition) is 6. The molecule has 4 heterocycles. The number of urea groups is 1. The van der Waals surface area contributed by atoms with E-state index in [9.17, 15) is 9.59 Å². The highest BCUT2D eigenvalue weighted by Crippen LogP contribution is 2.33. The fraction of sp³-hybridized carbons (Fsp3) is 0.478. The lowest BCUT2D eigenvalue weighted by Crippen LogP contribution is -2.53. The second kappa shape index (κ2) is 9.38. The number of nitrogens with zero attached hydrogens (tertiary/aromatic N) is 3. The highest BCUT2D eigenvalue weighted by Gasteiger charge is 2.32. The molecule has 3 amide bonds. The van der Waals surface area contributed by atoms with Crippen LogP contribution in [0, 0.1) is 5.92 Å². The molecule has 0 saturated carbocycles. The van der Waals surface area contributed by atoms with Gasteiger partial charge in [0, 0.05) is 45.8 Å². The number of piperazine rings is 1. The molecule has 1 aromatic heterocycles. The molecule has 170 valence electrons. The summed E-state index contributed by atoms with van der Waals surface area (Å²) < 4.78 is 10.9. The van der Waals surface area contributed by atoms with E-state index in [-0.39, 0.29) is 24.6 Å². The van der Waals surface area contributed by atoms with Gasteiger partial charge in [-0.3, -0.25) is 15.0 Å². The lowest BCUT2D eigenvalue weighted by atomic mass is 9.96. The number of anilines is 1. The molecule has 8 nitrogen and oxygen atoms in total. The number of carbonyl (C=O) groups is 2. The molecule has 5 rings (SSSR count). The number of amides is 3. The van der Waals surface area contributed by atoms with E-state index < -0.39 is 0 Å². The Morgan fingerprint density at radius 2 is 1.88 bits per heavy atom. The molecule has 0 radical (unpaired) electrons. The number of carbonyl (C=O) groups excluding carboxylic acids is 2. The number of thiophene rings is 1. The van der Waals surface area contributed by atoms with Gasteiger partial charge in [0.25, 0.3) is 0 Å². The maximum atomic E-state index is 13.2. The van der Waals surface area contributed by atoms with E-state index in [1.165, 1.54) is 16.9 Å². The minimum absolute atomic E-state index is 0.113. The number of likely N-dealkylation sites (tertiary alicyclic amines) is 1. The molecule has 3 aliphatic heterocycles. The van der Waals surface area contributed by atoms with Crippen molar-refractivity contribution < 1.29 is 19.1 Å². The van der Waals surface area contributed by atoms with Gasteiger partial charge in [0.2, 0.25) is 12.7 Å². The zero-order valence-corrected chi connectivity index (χ0v) is 18.8. The maximum Gasteiger partial charge on any atom is 0.322 e. The Morgan fingerprint density at radius 3 is 2.69 bits per heavy atom. The zero-order valence-electron chi connectivity index (χ0n) is 18.0. The molecule has 9 heteroatoms. The van der Waals surface area contributed by atoms with Crippen LogP contribution >= 0.6 is 11.3 Å². The minimum Gasteiger partial charge on any atom is -0.454 e. The van der Waals surface area contributed by atoms with E-state index in [0.29, 0.717) is 13.1 Å². The van der Waals surface area contributed by atoms with Crippen molar-refractivity contribution in [3.05, 3.63) is 41.3 Å². The van der Waals surface area contributed by atoms with Gasteiger partial charge in [-0.2, -0.15) is 0 Å². The highest BCUT2D eigenvalue weighted by molar-refractivity contribution is 7.14. The van der Waals surface area contributed by atoms with Crippen molar-refractivity contribution in [3.63, 3.8) is 0 Å². The third-order valence-corrected chi connectivity index (χ3v) is 7.12. The average Bonchev–Trinajstić information content (AvgIpc) is 3.51. The Labute approximate surface area is 191 Å². The first-order valence-electron chi connectivity index (χ1n) is 11.1. The van der Waals surface area contributed by atoms with E-state index in [1.807, 2.05) is 34.5 Å². The summed E-state index contributed by atoms with van der Waals surface area (Å²) in [7, 11) is 0. The molecule has 0 bridgehead atoms. The molecule has 3 aliphatic rings. The van der Waals surface area contributed by atoms with Gasteiger partial charge in [0.15, 0.2) is 11.5 Å². The van der Waals surface area contributed by atoms with Gasteiger partial charge in [-0.1, -0.05) is 6.07 Å². The van der Waals surface area contributed by atoms with Crippen molar-refractivity contribution >= 4 is 28.3 Å². The van der Waals surface area contributed by atoms with Gasteiger partial charge >= 0.3 is 6.03 Å². The Kier molecular flexibility index (Phi) is 6.18. The standard InChI is InChI=1S/C23H28N4O4S/c28-22(18-3-1-7-27(15-18)23(29)24-21-4-2-12-32-21)26-10-8-25(9-11-26)14-17-5-6-19-20(13-17)31-16-30-19/h2,4-6,12-13,18H,1,3,7-11,14-16H2,(H,24,29). The number of piperidine rings is 1. The number of hydrogen-bond donors (Lipinski definition) is 1. The normalized spacial score (nSPS) is 20.9. The highest BCUT2D eigenvalue weighted by atomic mass is 32.1. The third-order valence-electron chi connectivity index (χ3n) is 6.34. The second-order valence-electron chi connectivity index (χ2n) is 8.48. The quantitative estimate of drug-likeness (QED) is 0.766. The molecular weight excluding hydrogens is 428 g/mol. The largest absolute Gasteiger partial charge is 0.454 e. The van der Waals surface area contributed by atoms with Crippen LogP contribution in [-0.2, 0) is 11.3 Å². The van der Waals surface area contributed by atoms with Crippen LogP contribution in [0.15, 0.2) is 35.7 Å². The van der Waals surface area contributed by atoms with E-state index in [1.54, 1.807) is 4.90 Å². The predicted octanol–water partition coefficient (Wildman–Crippen LogP) is 3.07. The van der Waals surface area contributed by atoms with Crippen molar-refractivity contribution in [1.29, 1.82) is 0 Å². The van der Waals surface area contributed by atoms with Crippen LogP contribution in [0.3, 0.4) is 0 Å². The molecule has 32 heavy (non-hydrogen) atoms. The predicted molar refractivity (Wildman–Crippen MR) is 122 cm³/mol.